The van der Waals surface area contributed by atoms with Crippen molar-refractivity contribution in [2.75, 3.05) is 6.54 Å². The molecule has 3 rings (SSSR count). The Balaban J connectivity index is 1.67. The third-order valence-electron chi connectivity index (χ3n) is 4.90. The molecule has 1 heterocycles. The summed E-state index contributed by atoms with van der Waals surface area (Å²) in [7, 11) is 0. The van der Waals surface area contributed by atoms with Crippen molar-refractivity contribution in [3.63, 3.8) is 0 Å². The molecule has 0 unspecified atom stereocenters. The molecular formula is C17H18F3NO4. The molecule has 1 aliphatic heterocycles. The zero-order valence-electron chi connectivity index (χ0n) is 13.4. The average Bonchev–Trinajstić information content (AvgIpc) is 3.08. The number of benzene rings is 1. The first-order chi connectivity index (χ1) is 11.7. The Morgan fingerprint density at radius 1 is 1.16 bits per heavy atom. The number of ether oxygens (including phenoxy) is 1. The highest BCUT2D eigenvalue weighted by atomic mass is 19.4. The van der Waals surface area contributed by atoms with E-state index >= 15 is 0 Å². The number of carbonyl (C=O) groups excluding carboxylic acids is 2. The van der Waals surface area contributed by atoms with E-state index in [-0.39, 0.29) is 24.8 Å². The van der Waals surface area contributed by atoms with Crippen LogP contribution in [0, 0.1) is 5.41 Å². The number of carbonyl (C=O) groups is 2. The topological polar surface area (TPSA) is 66.8 Å². The number of β-amino-alcohol motifs (C(OH)–C–C–N with tert-alkyl or cyclic N) is 1. The highest BCUT2D eigenvalue weighted by Crippen LogP contribution is 2.47. The number of amides is 2. The predicted octanol–water partition coefficient (Wildman–Crippen LogP) is 2.94. The van der Waals surface area contributed by atoms with Gasteiger partial charge in [0.15, 0.2) is 0 Å². The summed E-state index contributed by atoms with van der Waals surface area (Å²) in [5, 5.41) is 10.3. The van der Waals surface area contributed by atoms with E-state index in [2.05, 4.69) is 4.74 Å². The maximum Gasteiger partial charge on any atom is 0.573 e. The van der Waals surface area contributed by atoms with Crippen LogP contribution in [0.2, 0.25) is 0 Å². The van der Waals surface area contributed by atoms with Crippen molar-refractivity contribution >= 4 is 11.8 Å². The Morgan fingerprint density at radius 3 is 2.32 bits per heavy atom. The number of aliphatic hydroxyl groups is 1. The summed E-state index contributed by atoms with van der Waals surface area (Å²) < 4.78 is 40.2. The molecule has 25 heavy (non-hydrogen) atoms. The quantitative estimate of drug-likeness (QED) is 0.842. The SMILES string of the molecule is O=C1CC2(CCCC2)C(=O)N1C[C@@H](O)c1ccc(OC(F)(F)F)cc1. The number of likely N-dealkylation sites (tertiary alicyclic amines) is 1. The van der Waals surface area contributed by atoms with Gasteiger partial charge in [0.25, 0.3) is 0 Å². The summed E-state index contributed by atoms with van der Waals surface area (Å²) in [5.41, 5.74) is -0.302. The van der Waals surface area contributed by atoms with Crippen molar-refractivity contribution in [1.82, 2.24) is 4.90 Å². The molecule has 1 aliphatic carbocycles. The van der Waals surface area contributed by atoms with E-state index in [1.165, 1.54) is 12.1 Å². The van der Waals surface area contributed by atoms with E-state index in [4.69, 9.17) is 0 Å². The molecule has 136 valence electrons. The molecule has 5 nitrogen and oxygen atoms in total. The lowest BCUT2D eigenvalue weighted by molar-refractivity contribution is -0.274. The first kappa shape index (κ1) is 17.7. The fraction of sp³-hybridized carbons (Fsp3) is 0.529. The van der Waals surface area contributed by atoms with E-state index in [0.29, 0.717) is 18.4 Å². The molecule has 1 atom stereocenters. The molecule has 2 fully saturated rings. The smallest absolute Gasteiger partial charge is 0.406 e. The van der Waals surface area contributed by atoms with Crippen LogP contribution in [0.15, 0.2) is 24.3 Å². The standard InChI is InChI=1S/C17H18F3NO4/c18-17(19,20)25-12-5-3-11(4-6-12)13(22)10-21-14(23)9-16(15(21)24)7-1-2-8-16/h3-6,13,22H,1-2,7-10H2/t13-/m1/s1. The number of halogens is 3. The number of aliphatic hydroxyl groups excluding tert-OH is 1. The average molecular weight is 357 g/mol. The maximum atomic E-state index is 12.6. The lowest BCUT2D eigenvalue weighted by atomic mass is 9.84. The second-order valence-electron chi connectivity index (χ2n) is 6.61. The van der Waals surface area contributed by atoms with Gasteiger partial charge in [0.2, 0.25) is 11.8 Å². The summed E-state index contributed by atoms with van der Waals surface area (Å²) >= 11 is 0. The van der Waals surface area contributed by atoms with Gasteiger partial charge in [-0.2, -0.15) is 0 Å². The highest BCUT2D eigenvalue weighted by Gasteiger charge is 2.52. The van der Waals surface area contributed by atoms with Gasteiger partial charge in [-0.15, -0.1) is 13.2 Å². The number of imide groups is 1. The Hall–Kier alpha value is -2.09. The van der Waals surface area contributed by atoms with Gasteiger partial charge in [-0.3, -0.25) is 14.5 Å². The molecule has 0 radical (unpaired) electrons. The molecule has 1 spiro atoms. The van der Waals surface area contributed by atoms with Gasteiger partial charge in [-0.05, 0) is 30.5 Å². The molecule has 2 amide bonds. The summed E-state index contributed by atoms with van der Waals surface area (Å²) in [4.78, 5) is 25.8. The van der Waals surface area contributed by atoms with Crippen molar-refractivity contribution in [1.29, 1.82) is 0 Å². The lowest BCUT2D eigenvalue weighted by Gasteiger charge is -2.23. The number of hydrogen-bond acceptors (Lipinski definition) is 4. The van der Waals surface area contributed by atoms with Crippen LogP contribution in [0.1, 0.15) is 43.8 Å². The Kier molecular flexibility index (Phi) is 4.49. The van der Waals surface area contributed by atoms with Crippen molar-refractivity contribution in [2.24, 2.45) is 5.41 Å². The van der Waals surface area contributed by atoms with Crippen molar-refractivity contribution in [3.8, 4) is 5.75 Å². The lowest BCUT2D eigenvalue weighted by Crippen LogP contribution is -2.37. The van der Waals surface area contributed by atoms with E-state index < -0.39 is 23.6 Å². The van der Waals surface area contributed by atoms with E-state index in [9.17, 15) is 27.9 Å². The van der Waals surface area contributed by atoms with Crippen LogP contribution in [0.5, 0.6) is 5.75 Å². The number of rotatable bonds is 4. The van der Waals surface area contributed by atoms with Crippen LogP contribution in [-0.2, 0) is 9.59 Å². The Labute approximate surface area is 142 Å². The number of alkyl halides is 3. The van der Waals surface area contributed by atoms with Crippen LogP contribution in [-0.4, -0.2) is 34.7 Å². The maximum absolute atomic E-state index is 12.6. The second-order valence-corrected chi connectivity index (χ2v) is 6.61. The molecule has 2 aliphatic rings. The molecule has 1 saturated carbocycles. The van der Waals surface area contributed by atoms with Gasteiger partial charge < -0.3 is 9.84 Å². The number of nitrogens with zero attached hydrogens (tertiary/aromatic N) is 1. The normalized spacial score (nSPS) is 21.2. The molecular weight excluding hydrogens is 339 g/mol. The predicted molar refractivity (Wildman–Crippen MR) is 80.3 cm³/mol. The van der Waals surface area contributed by atoms with E-state index in [1.807, 2.05) is 0 Å². The molecule has 1 aromatic rings. The van der Waals surface area contributed by atoms with Crippen molar-refractivity contribution in [2.45, 2.75) is 44.6 Å². The van der Waals surface area contributed by atoms with Crippen LogP contribution in [0.4, 0.5) is 13.2 Å². The first-order valence-electron chi connectivity index (χ1n) is 8.09. The molecule has 1 saturated heterocycles. The van der Waals surface area contributed by atoms with Crippen LogP contribution in [0.25, 0.3) is 0 Å². The van der Waals surface area contributed by atoms with E-state index in [0.717, 1.165) is 29.9 Å². The fourth-order valence-corrected chi connectivity index (χ4v) is 3.66. The largest absolute Gasteiger partial charge is 0.573 e. The van der Waals surface area contributed by atoms with Gasteiger partial charge in [-0.25, -0.2) is 0 Å². The minimum Gasteiger partial charge on any atom is -0.406 e. The van der Waals surface area contributed by atoms with Crippen LogP contribution in [0.3, 0.4) is 0 Å². The highest BCUT2D eigenvalue weighted by molar-refractivity contribution is 6.06. The third-order valence-corrected chi connectivity index (χ3v) is 4.90. The van der Waals surface area contributed by atoms with Gasteiger partial charge in [0, 0.05) is 6.42 Å². The van der Waals surface area contributed by atoms with Crippen molar-refractivity contribution < 1.29 is 32.6 Å². The molecule has 1 N–H and O–H groups in total. The summed E-state index contributed by atoms with van der Waals surface area (Å²) in [6.45, 7) is -0.196. The van der Waals surface area contributed by atoms with Gasteiger partial charge in [-0.1, -0.05) is 25.0 Å². The molecule has 0 bridgehead atoms. The Bertz CT molecular complexity index is 665. The van der Waals surface area contributed by atoms with Crippen LogP contribution < -0.4 is 4.74 Å². The zero-order valence-corrected chi connectivity index (χ0v) is 13.4. The first-order valence-corrected chi connectivity index (χ1v) is 8.09. The van der Waals surface area contributed by atoms with Crippen molar-refractivity contribution in [3.05, 3.63) is 29.8 Å². The van der Waals surface area contributed by atoms with Gasteiger partial charge in [0.1, 0.15) is 5.75 Å². The molecule has 1 aromatic carbocycles. The summed E-state index contributed by atoms with van der Waals surface area (Å²) in [5.74, 6) is -0.948. The fourth-order valence-electron chi connectivity index (χ4n) is 3.66. The monoisotopic (exact) mass is 357 g/mol. The second kappa shape index (κ2) is 6.33. The third kappa shape index (κ3) is 3.63. The number of hydrogen-bond donors (Lipinski definition) is 1. The Morgan fingerprint density at radius 2 is 1.76 bits per heavy atom. The zero-order chi connectivity index (χ0) is 18.2. The van der Waals surface area contributed by atoms with Gasteiger partial charge in [0.05, 0.1) is 18.1 Å². The molecule has 0 aromatic heterocycles. The van der Waals surface area contributed by atoms with E-state index in [1.54, 1.807) is 0 Å². The molecule has 8 heteroatoms. The minimum absolute atomic E-state index is 0.177. The van der Waals surface area contributed by atoms with Crippen LogP contribution >= 0.6 is 0 Å². The summed E-state index contributed by atoms with van der Waals surface area (Å²) in [6, 6.07) is 4.72. The van der Waals surface area contributed by atoms with Gasteiger partial charge >= 0.3 is 6.36 Å². The summed E-state index contributed by atoms with van der Waals surface area (Å²) in [6.07, 6.45) is -2.57. The minimum atomic E-state index is -4.79.